The molecule has 1 nitrogen and oxygen atoms in total. The van der Waals surface area contributed by atoms with Gasteiger partial charge in [0.05, 0.1) is 0 Å². The Morgan fingerprint density at radius 2 is 2.14 bits per heavy atom. The lowest BCUT2D eigenvalue weighted by atomic mass is 9.94. The Labute approximate surface area is 85.8 Å². The number of para-hydroxylation sites is 1. The van der Waals surface area contributed by atoms with Gasteiger partial charge < -0.3 is 5.11 Å². The highest BCUT2D eigenvalue weighted by Gasteiger charge is 2.27. The van der Waals surface area contributed by atoms with Crippen LogP contribution in [0.2, 0.25) is 0 Å². The second kappa shape index (κ2) is 3.64. The zero-order chi connectivity index (χ0) is 10.1. The summed E-state index contributed by atoms with van der Waals surface area (Å²) in [7, 11) is 0. The third-order valence-electron chi connectivity index (χ3n) is 3.26. The Balaban J connectivity index is 2.35. The Morgan fingerprint density at radius 3 is 2.71 bits per heavy atom. The van der Waals surface area contributed by atoms with Gasteiger partial charge in [0.25, 0.3) is 0 Å². The quantitative estimate of drug-likeness (QED) is 0.769. The van der Waals surface area contributed by atoms with Gasteiger partial charge in [-0.25, -0.2) is 0 Å². The fraction of sp³-hybridized carbons (Fsp3) is 0.538. The fourth-order valence-corrected chi connectivity index (χ4v) is 1.92. The average Bonchev–Trinajstić information content (AvgIpc) is 3.01. The summed E-state index contributed by atoms with van der Waals surface area (Å²) in [5.41, 5.74) is 2.29. The lowest BCUT2D eigenvalue weighted by molar-refractivity contribution is 0.455. The summed E-state index contributed by atoms with van der Waals surface area (Å²) >= 11 is 0. The molecule has 1 fully saturated rings. The lowest BCUT2D eigenvalue weighted by Crippen LogP contribution is -1.94. The van der Waals surface area contributed by atoms with Crippen LogP contribution in [0.25, 0.3) is 0 Å². The molecule has 0 aromatic heterocycles. The van der Waals surface area contributed by atoms with Crippen molar-refractivity contribution in [3.8, 4) is 5.75 Å². The summed E-state index contributed by atoms with van der Waals surface area (Å²) in [6.07, 6.45) is 3.58. The van der Waals surface area contributed by atoms with E-state index < -0.39 is 0 Å². The first kappa shape index (κ1) is 9.57. The van der Waals surface area contributed by atoms with Crippen molar-refractivity contribution in [2.24, 2.45) is 0 Å². The number of rotatable bonds is 3. The molecular weight excluding hydrogens is 172 g/mol. The highest BCUT2D eigenvalue weighted by molar-refractivity contribution is 5.45. The van der Waals surface area contributed by atoms with Gasteiger partial charge in [-0.05, 0) is 42.2 Å². The molecule has 2 rings (SSSR count). The van der Waals surface area contributed by atoms with Crippen LogP contribution in [0.15, 0.2) is 18.2 Å². The second-order valence-electron chi connectivity index (χ2n) is 4.37. The van der Waals surface area contributed by atoms with Crippen molar-refractivity contribution in [2.45, 2.75) is 44.9 Å². The van der Waals surface area contributed by atoms with Crippen molar-refractivity contribution >= 4 is 0 Å². The molecule has 1 aliphatic carbocycles. The fourth-order valence-electron chi connectivity index (χ4n) is 1.92. The predicted octanol–water partition coefficient (Wildman–Crippen LogP) is 3.78. The number of hydrogen-bond donors (Lipinski definition) is 1. The molecule has 14 heavy (non-hydrogen) atoms. The topological polar surface area (TPSA) is 20.2 Å². The van der Waals surface area contributed by atoms with Gasteiger partial charge in [-0.1, -0.05) is 32.0 Å². The largest absolute Gasteiger partial charge is 0.507 e. The molecule has 0 amide bonds. The second-order valence-corrected chi connectivity index (χ2v) is 4.37. The zero-order valence-electron chi connectivity index (χ0n) is 8.96. The molecule has 0 radical (unpaired) electrons. The Morgan fingerprint density at radius 1 is 1.43 bits per heavy atom. The van der Waals surface area contributed by atoms with Crippen molar-refractivity contribution in [2.75, 3.05) is 0 Å². The van der Waals surface area contributed by atoms with E-state index >= 15 is 0 Å². The van der Waals surface area contributed by atoms with Gasteiger partial charge in [-0.15, -0.1) is 0 Å². The van der Waals surface area contributed by atoms with E-state index in [0.717, 1.165) is 12.0 Å². The summed E-state index contributed by atoms with van der Waals surface area (Å²) in [5, 5.41) is 10.1. The maximum absolute atomic E-state index is 10.1. The molecule has 1 aromatic carbocycles. The number of phenolic OH excluding ortho intramolecular Hbond substituents is 1. The van der Waals surface area contributed by atoms with Crippen LogP contribution in [0.3, 0.4) is 0 Å². The maximum atomic E-state index is 10.1. The van der Waals surface area contributed by atoms with Crippen molar-refractivity contribution < 1.29 is 5.11 Å². The maximum Gasteiger partial charge on any atom is 0.122 e. The number of phenols is 1. The van der Waals surface area contributed by atoms with Gasteiger partial charge in [0.1, 0.15) is 5.75 Å². The van der Waals surface area contributed by atoms with E-state index in [1.165, 1.54) is 18.4 Å². The van der Waals surface area contributed by atoms with E-state index in [1.54, 1.807) is 0 Å². The normalized spacial score (nSPS) is 18.1. The molecule has 1 heteroatoms. The lowest BCUT2D eigenvalue weighted by Gasteiger charge is -2.13. The smallest absolute Gasteiger partial charge is 0.122 e. The van der Waals surface area contributed by atoms with Crippen molar-refractivity contribution in [3.63, 3.8) is 0 Å². The van der Waals surface area contributed by atoms with Crippen LogP contribution in [0, 0.1) is 0 Å². The number of benzene rings is 1. The first-order valence-corrected chi connectivity index (χ1v) is 5.55. The van der Waals surface area contributed by atoms with Crippen LogP contribution in [0.1, 0.15) is 56.1 Å². The summed E-state index contributed by atoms with van der Waals surface area (Å²) in [5.74, 6) is 1.66. The van der Waals surface area contributed by atoms with Crippen molar-refractivity contribution in [1.82, 2.24) is 0 Å². The van der Waals surface area contributed by atoms with Crippen LogP contribution < -0.4 is 0 Å². The number of aromatic hydroxyl groups is 1. The van der Waals surface area contributed by atoms with Gasteiger partial charge >= 0.3 is 0 Å². The molecule has 1 atom stereocenters. The molecule has 1 N–H and O–H groups in total. The van der Waals surface area contributed by atoms with Gasteiger partial charge in [-0.3, -0.25) is 0 Å². The number of hydrogen-bond acceptors (Lipinski definition) is 1. The summed E-state index contributed by atoms with van der Waals surface area (Å²) in [4.78, 5) is 0. The van der Waals surface area contributed by atoms with Gasteiger partial charge in [-0.2, -0.15) is 0 Å². The van der Waals surface area contributed by atoms with Gasteiger partial charge in [0.2, 0.25) is 0 Å². The standard InChI is InChI=1S/C13H18O/c1-3-9(2)11-5-4-6-12(13(11)14)10-7-8-10/h4-6,9-10,14H,3,7-8H2,1-2H3/t9-/m1/s1. The van der Waals surface area contributed by atoms with E-state index in [9.17, 15) is 5.11 Å². The van der Waals surface area contributed by atoms with E-state index in [2.05, 4.69) is 32.0 Å². The molecule has 1 aliphatic rings. The van der Waals surface area contributed by atoms with E-state index in [0.29, 0.717) is 17.6 Å². The molecule has 0 heterocycles. The van der Waals surface area contributed by atoms with Crippen LogP contribution in [0.4, 0.5) is 0 Å². The highest BCUT2D eigenvalue weighted by Crippen LogP contribution is 2.46. The highest BCUT2D eigenvalue weighted by atomic mass is 16.3. The molecular formula is C13H18O. The first-order valence-electron chi connectivity index (χ1n) is 5.55. The van der Waals surface area contributed by atoms with Gasteiger partial charge in [0, 0.05) is 0 Å². The molecule has 0 unspecified atom stereocenters. The molecule has 76 valence electrons. The molecule has 0 aliphatic heterocycles. The average molecular weight is 190 g/mol. The minimum absolute atomic E-state index is 0.466. The Kier molecular flexibility index (Phi) is 2.49. The molecule has 1 aromatic rings. The van der Waals surface area contributed by atoms with Crippen LogP contribution >= 0.6 is 0 Å². The summed E-state index contributed by atoms with van der Waals surface area (Å²) < 4.78 is 0. The molecule has 0 saturated heterocycles. The van der Waals surface area contributed by atoms with Crippen LogP contribution in [-0.4, -0.2) is 5.11 Å². The van der Waals surface area contributed by atoms with E-state index in [1.807, 2.05) is 0 Å². The minimum atomic E-state index is 0.466. The van der Waals surface area contributed by atoms with Crippen LogP contribution in [-0.2, 0) is 0 Å². The first-order chi connectivity index (χ1) is 6.74. The molecule has 0 bridgehead atoms. The van der Waals surface area contributed by atoms with E-state index in [4.69, 9.17) is 0 Å². The minimum Gasteiger partial charge on any atom is -0.507 e. The molecule has 1 saturated carbocycles. The third-order valence-corrected chi connectivity index (χ3v) is 3.26. The van der Waals surface area contributed by atoms with Gasteiger partial charge in [0.15, 0.2) is 0 Å². The van der Waals surface area contributed by atoms with Crippen molar-refractivity contribution in [3.05, 3.63) is 29.3 Å². The third kappa shape index (κ3) is 1.63. The SMILES string of the molecule is CC[C@@H](C)c1cccc(C2CC2)c1O. The summed E-state index contributed by atoms with van der Waals surface area (Å²) in [6, 6.07) is 6.20. The zero-order valence-corrected chi connectivity index (χ0v) is 8.96. The predicted molar refractivity (Wildman–Crippen MR) is 58.8 cm³/mol. The summed E-state index contributed by atoms with van der Waals surface area (Å²) in [6.45, 7) is 4.33. The molecule has 0 spiro atoms. The monoisotopic (exact) mass is 190 g/mol. The van der Waals surface area contributed by atoms with Crippen LogP contribution in [0.5, 0.6) is 5.75 Å². The Hall–Kier alpha value is -0.980. The van der Waals surface area contributed by atoms with Crippen molar-refractivity contribution in [1.29, 1.82) is 0 Å². The Bertz CT molecular complexity index is 326. The van der Waals surface area contributed by atoms with E-state index in [-0.39, 0.29) is 0 Å².